The fraction of sp³-hybridized carbons (Fsp3) is 0.333. The molecule has 1 N–H and O–H groups in total. The van der Waals surface area contributed by atoms with E-state index in [4.69, 9.17) is 16.3 Å². The van der Waals surface area contributed by atoms with Crippen molar-refractivity contribution >= 4 is 11.6 Å². The van der Waals surface area contributed by atoms with Gasteiger partial charge in [-0.25, -0.2) is 0 Å². The fourth-order valence-electron chi connectivity index (χ4n) is 2.78. The van der Waals surface area contributed by atoms with E-state index < -0.39 is 0 Å². The van der Waals surface area contributed by atoms with E-state index in [9.17, 15) is 5.11 Å². The van der Waals surface area contributed by atoms with Crippen LogP contribution in [0.1, 0.15) is 18.4 Å². The van der Waals surface area contributed by atoms with Gasteiger partial charge < -0.3 is 9.84 Å². The van der Waals surface area contributed by atoms with Gasteiger partial charge in [0, 0.05) is 18.1 Å². The maximum Gasteiger partial charge on any atom is 0.127 e. The second kappa shape index (κ2) is 7.14. The standard InChI is InChI=1S/C18H20ClNO2/c19-15-6-8-17(9-7-15)22-18-5-1-3-14(11-18)12-20-10-2-4-16(21)13-20/h1,3,5-9,11,16,21H,2,4,10,12-13H2. The number of hydrogen-bond acceptors (Lipinski definition) is 3. The zero-order chi connectivity index (χ0) is 15.4. The number of halogens is 1. The first-order valence-electron chi connectivity index (χ1n) is 7.62. The molecule has 0 aromatic heterocycles. The fourth-order valence-corrected chi connectivity index (χ4v) is 2.90. The van der Waals surface area contributed by atoms with Crippen molar-refractivity contribution in [2.75, 3.05) is 13.1 Å². The summed E-state index contributed by atoms with van der Waals surface area (Å²) < 4.78 is 5.86. The highest BCUT2D eigenvalue weighted by molar-refractivity contribution is 6.30. The van der Waals surface area contributed by atoms with E-state index in [0.717, 1.165) is 44.0 Å². The summed E-state index contributed by atoms with van der Waals surface area (Å²) in [5, 5.41) is 10.5. The van der Waals surface area contributed by atoms with Crippen LogP contribution in [-0.2, 0) is 6.54 Å². The molecule has 1 heterocycles. The molecule has 2 aromatic rings. The highest BCUT2D eigenvalue weighted by Gasteiger charge is 2.17. The third kappa shape index (κ3) is 4.23. The highest BCUT2D eigenvalue weighted by atomic mass is 35.5. The van der Waals surface area contributed by atoms with Gasteiger partial charge in [0.2, 0.25) is 0 Å². The lowest BCUT2D eigenvalue weighted by atomic mass is 10.1. The van der Waals surface area contributed by atoms with E-state index in [-0.39, 0.29) is 6.10 Å². The maximum absolute atomic E-state index is 9.75. The number of aliphatic hydroxyl groups is 1. The smallest absolute Gasteiger partial charge is 0.127 e. The SMILES string of the molecule is OC1CCCN(Cc2cccc(Oc3ccc(Cl)cc3)c2)C1. The van der Waals surface area contributed by atoms with Gasteiger partial charge in [0.25, 0.3) is 0 Å². The zero-order valence-electron chi connectivity index (χ0n) is 12.4. The molecule has 0 amide bonds. The first kappa shape index (κ1) is 15.3. The highest BCUT2D eigenvalue weighted by Crippen LogP contribution is 2.24. The van der Waals surface area contributed by atoms with Crippen molar-refractivity contribution in [1.82, 2.24) is 4.90 Å². The predicted molar refractivity (Wildman–Crippen MR) is 88.5 cm³/mol. The van der Waals surface area contributed by atoms with Gasteiger partial charge in [0.05, 0.1) is 6.10 Å². The van der Waals surface area contributed by atoms with Crippen LogP contribution in [0.25, 0.3) is 0 Å². The minimum Gasteiger partial charge on any atom is -0.457 e. The minimum atomic E-state index is -0.192. The second-order valence-corrected chi connectivity index (χ2v) is 6.17. The Labute approximate surface area is 136 Å². The molecular formula is C18H20ClNO2. The third-order valence-electron chi connectivity index (χ3n) is 3.83. The van der Waals surface area contributed by atoms with Crippen LogP contribution in [-0.4, -0.2) is 29.2 Å². The molecule has 0 bridgehead atoms. The van der Waals surface area contributed by atoms with Crippen molar-refractivity contribution in [2.24, 2.45) is 0 Å². The van der Waals surface area contributed by atoms with E-state index in [1.807, 2.05) is 36.4 Å². The number of piperidine rings is 1. The van der Waals surface area contributed by atoms with Gasteiger partial charge in [-0.15, -0.1) is 0 Å². The van der Waals surface area contributed by atoms with Crippen LogP contribution in [0.4, 0.5) is 0 Å². The summed E-state index contributed by atoms with van der Waals surface area (Å²) in [6.07, 6.45) is 1.78. The molecule has 1 saturated heterocycles. The lowest BCUT2D eigenvalue weighted by molar-refractivity contribution is 0.0668. The molecule has 0 aliphatic carbocycles. The lowest BCUT2D eigenvalue weighted by Gasteiger charge is -2.30. The van der Waals surface area contributed by atoms with Crippen LogP contribution in [0.15, 0.2) is 48.5 Å². The van der Waals surface area contributed by atoms with Crippen molar-refractivity contribution in [1.29, 1.82) is 0 Å². The lowest BCUT2D eigenvalue weighted by Crippen LogP contribution is -2.37. The van der Waals surface area contributed by atoms with Gasteiger partial charge in [0.1, 0.15) is 11.5 Å². The summed E-state index contributed by atoms with van der Waals surface area (Å²) in [5.41, 5.74) is 1.19. The number of likely N-dealkylation sites (tertiary alicyclic amines) is 1. The number of β-amino-alcohol motifs (C(OH)–C–C–N with tert-alkyl or cyclic N) is 1. The predicted octanol–water partition coefficient (Wildman–Crippen LogP) is 4.09. The summed E-state index contributed by atoms with van der Waals surface area (Å²) in [6, 6.07) is 15.4. The molecule has 4 heteroatoms. The largest absolute Gasteiger partial charge is 0.457 e. The van der Waals surface area contributed by atoms with Gasteiger partial charge in [0.15, 0.2) is 0 Å². The van der Waals surface area contributed by atoms with Crippen molar-refractivity contribution in [2.45, 2.75) is 25.5 Å². The van der Waals surface area contributed by atoms with Gasteiger partial charge in [-0.05, 0) is 61.3 Å². The van der Waals surface area contributed by atoms with Crippen molar-refractivity contribution in [3.8, 4) is 11.5 Å². The summed E-state index contributed by atoms with van der Waals surface area (Å²) in [4.78, 5) is 2.29. The van der Waals surface area contributed by atoms with Gasteiger partial charge in [-0.3, -0.25) is 4.90 Å². The van der Waals surface area contributed by atoms with E-state index in [1.165, 1.54) is 5.56 Å². The normalized spacial score (nSPS) is 19.1. The number of benzene rings is 2. The number of nitrogens with zero attached hydrogens (tertiary/aromatic N) is 1. The molecule has 0 spiro atoms. The van der Waals surface area contributed by atoms with Crippen molar-refractivity contribution < 1.29 is 9.84 Å². The summed E-state index contributed by atoms with van der Waals surface area (Å²) in [7, 11) is 0. The van der Waals surface area contributed by atoms with E-state index in [1.54, 1.807) is 0 Å². The number of ether oxygens (including phenoxy) is 1. The van der Waals surface area contributed by atoms with Crippen molar-refractivity contribution in [3.63, 3.8) is 0 Å². The van der Waals surface area contributed by atoms with Gasteiger partial charge in [-0.2, -0.15) is 0 Å². The van der Waals surface area contributed by atoms with E-state index >= 15 is 0 Å². The van der Waals surface area contributed by atoms with E-state index in [2.05, 4.69) is 17.0 Å². The molecule has 2 aromatic carbocycles. The summed E-state index contributed by atoms with van der Waals surface area (Å²) >= 11 is 5.88. The summed E-state index contributed by atoms with van der Waals surface area (Å²) in [6.45, 7) is 2.64. The number of hydrogen-bond donors (Lipinski definition) is 1. The Bertz CT molecular complexity index is 615. The molecule has 116 valence electrons. The third-order valence-corrected chi connectivity index (χ3v) is 4.09. The summed E-state index contributed by atoms with van der Waals surface area (Å²) in [5.74, 6) is 1.59. The molecule has 3 rings (SSSR count). The average Bonchev–Trinajstić information content (AvgIpc) is 2.50. The molecule has 1 aliphatic heterocycles. The Hall–Kier alpha value is -1.55. The zero-order valence-corrected chi connectivity index (χ0v) is 13.2. The average molecular weight is 318 g/mol. The Balaban J connectivity index is 1.65. The van der Waals surface area contributed by atoms with Gasteiger partial charge >= 0.3 is 0 Å². The van der Waals surface area contributed by atoms with Crippen LogP contribution >= 0.6 is 11.6 Å². The Kier molecular flexibility index (Phi) is 4.98. The quantitative estimate of drug-likeness (QED) is 0.922. The first-order chi connectivity index (χ1) is 10.7. The Morgan fingerprint density at radius 1 is 1.14 bits per heavy atom. The number of aliphatic hydroxyl groups excluding tert-OH is 1. The van der Waals surface area contributed by atoms with Crippen LogP contribution in [0.2, 0.25) is 5.02 Å². The maximum atomic E-state index is 9.75. The van der Waals surface area contributed by atoms with Crippen LogP contribution in [0.5, 0.6) is 11.5 Å². The molecule has 0 saturated carbocycles. The second-order valence-electron chi connectivity index (χ2n) is 5.73. The molecular weight excluding hydrogens is 298 g/mol. The molecule has 0 radical (unpaired) electrons. The monoisotopic (exact) mass is 317 g/mol. The molecule has 22 heavy (non-hydrogen) atoms. The van der Waals surface area contributed by atoms with E-state index in [0.29, 0.717) is 5.02 Å². The van der Waals surface area contributed by atoms with Crippen LogP contribution in [0, 0.1) is 0 Å². The van der Waals surface area contributed by atoms with Crippen LogP contribution in [0.3, 0.4) is 0 Å². The first-order valence-corrected chi connectivity index (χ1v) is 7.99. The topological polar surface area (TPSA) is 32.7 Å². The van der Waals surface area contributed by atoms with Crippen LogP contribution < -0.4 is 4.74 Å². The molecule has 1 fully saturated rings. The molecule has 3 nitrogen and oxygen atoms in total. The minimum absolute atomic E-state index is 0.192. The number of rotatable bonds is 4. The van der Waals surface area contributed by atoms with Gasteiger partial charge in [-0.1, -0.05) is 23.7 Å². The molecule has 1 atom stereocenters. The Morgan fingerprint density at radius 3 is 2.73 bits per heavy atom. The molecule has 1 aliphatic rings. The Morgan fingerprint density at radius 2 is 1.95 bits per heavy atom. The molecule has 1 unspecified atom stereocenters. The van der Waals surface area contributed by atoms with Crippen molar-refractivity contribution in [3.05, 3.63) is 59.1 Å².